The van der Waals surface area contributed by atoms with Crippen LogP contribution >= 0.6 is 0 Å². The highest BCUT2D eigenvalue weighted by molar-refractivity contribution is 5.54. The van der Waals surface area contributed by atoms with E-state index in [1.54, 1.807) is 19.1 Å². The number of nitrogen functional groups attached to an aromatic ring is 1. The lowest BCUT2D eigenvalue weighted by atomic mass is 10.3. The van der Waals surface area contributed by atoms with Crippen LogP contribution in [0.4, 0.5) is 11.5 Å². The third kappa shape index (κ3) is 2.49. The first-order valence-electron chi connectivity index (χ1n) is 4.88. The van der Waals surface area contributed by atoms with E-state index >= 15 is 0 Å². The summed E-state index contributed by atoms with van der Waals surface area (Å²) in [5.74, 6) is 1.57. The molecule has 2 heterocycles. The van der Waals surface area contributed by atoms with E-state index in [0.717, 1.165) is 0 Å². The van der Waals surface area contributed by atoms with E-state index in [4.69, 9.17) is 15.5 Å². The molecule has 0 spiro atoms. The van der Waals surface area contributed by atoms with Gasteiger partial charge in [-0.2, -0.15) is 10.2 Å². The van der Waals surface area contributed by atoms with E-state index in [2.05, 4.69) is 20.4 Å². The Morgan fingerprint density at radius 1 is 1.47 bits per heavy atom. The zero-order valence-corrected chi connectivity index (χ0v) is 9.14. The fourth-order valence-electron chi connectivity index (χ4n) is 1.24. The molecule has 0 unspecified atom stereocenters. The first-order chi connectivity index (χ1) is 8.19. The molecule has 2 rings (SSSR count). The van der Waals surface area contributed by atoms with Gasteiger partial charge in [0.2, 0.25) is 5.89 Å². The summed E-state index contributed by atoms with van der Waals surface area (Å²) in [5.41, 5.74) is 6.10. The normalized spacial score (nSPS) is 9.88. The van der Waals surface area contributed by atoms with Crippen LogP contribution in [0.2, 0.25) is 0 Å². The predicted molar refractivity (Wildman–Crippen MR) is 59.7 cm³/mol. The van der Waals surface area contributed by atoms with Crippen LogP contribution in [0.3, 0.4) is 0 Å². The van der Waals surface area contributed by atoms with Crippen molar-refractivity contribution in [3.63, 3.8) is 0 Å². The van der Waals surface area contributed by atoms with Gasteiger partial charge in [0.25, 0.3) is 0 Å². The fourth-order valence-corrected chi connectivity index (χ4v) is 1.24. The van der Waals surface area contributed by atoms with E-state index in [1.165, 1.54) is 0 Å². The minimum absolute atomic E-state index is 0.191. The molecule has 2 aromatic rings. The van der Waals surface area contributed by atoms with Gasteiger partial charge >= 0.3 is 0 Å². The lowest BCUT2D eigenvalue weighted by Gasteiger charge is -2.03. The minimum Gasteiger partial charge on any atom is -0.396 e. The maximum Gasteiger partial charge on any atom is 0.245 e. The number of hydrogen-bond acceptors (Lipinski definition) is 7. The standard InChI is InChI=1S/C10H10N6O/c1-6-14-10(17-16-6)5-13-9-3-2-7(12)8(4-11)15-9/h2-3H,5,12H2,1H3,(H,13,15). The van der Waals surface area contributed by atoms with E-state index in [0.29, 0.717) is 29.8 Å². The summed E-state index contributed by atoms with van der Waals surface area (Å²) in [6.45, 7) is 2.09. The molecule has 0 radical (unpaired) electrons. The van der Waals surface area contributed by atoms with Crippen molar-refractivity contribution in [2.45, 2.75) is 13.5 Å². The molecule has 0 aliphatic rings. The van der Waals surface area contributed by atoms with Crippen LogP contribution in [0.1, 0.15) is 17.4 Å². The van der Waals surface area contributed by atoms with Crippen molar-refractivity contribution in [2.24, 2.45) is 0 Å². The Kier molecular flexibility index (Phi) is 2.87. The Bertz CT molecular complexity index is 570. The van der Waals surface area contributed by atoms with Gasteiger partial charge in [-0.25, -0.2) is 4.98 Å². The molecule has 3 N–H and O–H groups in total. The summed E-state index contributed by atoms with van der Waals surface area (Å²) in [5, 5.41) is 15.4. The van der Waals surface area contributed by atoms with Gasteiger partial charge in [0.05, 0.1) is 12.2 Å². The molecule has 0 atom stereocenters. The number of rotatable bonds is 3. The average Bonchev–Trinajstić information content (AvgIpc) is 2.74. The molecule has 7 nitrogen and oxygen atoms in total. The van der Waals surface area contributed by atoms with Crippen molar-refractivity contribution >= 4 is 11.5 Å². The lowest BCUT2D eigenvalue weighted by Crippen LogP contribution is -2.04. The van der Waals surface area contributed by atoms with Gasteiger partial charge in [0.15, 0.2) is 11.5 Å². The highest BCUT2D eigenvalue weighted by Gasteiger charge is 2.05. The summed E-state index contributed by atoms with van der Waals surface area (Å²) in [4.78, 5) is 8.05. The molecule has 0 amide bonds. The van der Waals surface area contributed by atoms with Gasteiger partial charge in [-0.15, -0.1) is 0 Å². The van der Waals surface area contributed by atoms with Crippen molar-refractivity contribution in [3.8, 4) is 6.07 Å². The molecular weight excluding hydrogens is 220 g/mol. The van der Waals surface area contributed by atoms with Crippen molar-refractivity contribution in [1.29, 1.82) is 5.26 Å². The van der Waals surface area contributed by atoms with Crippen LogP contribution in [-0.4, -0.2) is 15.1 Å². The topological polar surface area (TPSA) is 114 Å². The zero-order valence-electron chi connectivity index (χ0n) is 9.14. The molecule has 2 aromatic heterocycles. The molecule has 7 heteroatoms. The fraction of sp³-hybridized carbons (Fsp3) is 0.200. The summed E-state index contributed by atoms with van der Waals surface area (Å²) in [7, 11) is 0. The van der Waals surface area contributed by atoms with Crippen LogP contribution in [0, 0.1) is 18.3 Å². The van der Waals surface area contributed by atoms with E-state index < -0.39 is 0 Å². The third-order valence-electron chi connectivity index (χ3n) is 2.02. The van der Waals surface area contributed by atoms with Crippen molar-refractivity contribution < 1.29 is 4.52 Å². The number of hydrogen-bond donors (Lipinski definition) is 2. The van der Waals surface area contributed by atoms with Crippen molar-refractivity contribution in [3.05, 3.63) is 29.5 Å². The van der Waals surface area contributed by atoms with Gasteiger partial charge in [-0.3, -0.25) is 0 Å². The highest BCUT2D eigenvalue weighted by atomic mass is 16.5. The third-order valence-corrected chi connectivity index (χ3v) is 2.02. The van der Waals surface area contributed by atoms with Crippen LogP contribution in [-0.2, 0) is 6.54 Å². The molecule has 0 bridgehead atoms. The molecule has 0 aliphatic heterocycles. The maximum atomic E-state index is 8.77. The second-order valence-corrected chi connectivity index (χ2v) is 3.34. The largest absolute Gasteiger partial charge is 0.396 e. The van der Waals surface area contributed by atoms with Crippen LogP contribution in [0.25, 0.3) is 0 Å². The van der Waals surface area contributed by atoms with Crippen LogP contribution in [0.5, 0.6) is 0 Å². The number of aryl methyl sites for hydroxylation is 1. The Morgan fingerprint density at radius 3 is 2.94 bits per heavy atom. The Hall–Kier alpha value is -2.62. The van der Waals surface area contributed by atoms with Gasteiger partial charge in [0.1, 0.15) is 11.9 Å². The lowest BCUT2D eigenvalue weighted by molar-refractivity contribution is 0.379. The number of nitrogens with zero attached hydrogens (tertiary/aromatic N) is 4. The quantitative estimate of drug-likeness (QED) is 0.802. The van der Waals surface area contributed by atoms with Crippen molar-refractivity contribution in [2.75, 3.05) is 11.1 Å². The molecule has 17 heavy (non-hydrogen) atoms. The summed E-state index contributed by atoms with van der Waals surface area (Å²) < 4.78 is 4.93. The maximum absolute atomic E-state index is 8.77. The molecular formula is C10H10N6O. The van der Waals surface area contributed by atoms with Gasteiger partial charge < -0.3 is 15.6 Å². The first kappa shape index (κ1) is 10.9. The second-order valence-electron chi connectivity index (χ2n) is 3.34. The minimum atomic E-state index is 0.191. The van der Waals surface area contributed by atoms with E-state index in [9.17, 15) is 0 Å². The summed E-state index contributed by atoms with van der Waals surface area (Å²) >= 11 is 0. The molecule has 0 saturated heterocycles. The highest BCUT2D eigenvalue weighted by Crippen LogP contribution is 2.12. The van der Waals surface area contributed by atoms with E-state index in [1.807, 2.05) is 6.07 Å². The molecule has 0 saturated carbocycles. The zero-order chi connectivity index (χ0) is 12.3. The van der Waals surface area contributed by atoms with Gasteiger partial charge in [0, 0.05) is 0 Å². The average molecular weight is 230 g/mol. The molecule has 0 fully saturated rings. The summed E-state index contributed by atoms with van der Waals surface area (Å²) in [6, 6.07) is 5.21. The van der Waals surface area contributed by atoms with Crippen LogP contribution in [0.15, 0.2) is 16.7 Å². The molecule has 0 aliphatic carbocycles. The Labute approximate surface area is 97.3 Å². The first-order valence-corrected chi connectivity index (χ1v) is 4.88. The monoisotopic (exact) mass is 230 g/mol. The number of pyridine rings is 1. The number of anilines is 2. The predicted octanol–water partition coefficient (Wildman–Crippen LogP) is 0.839. The van der Waals surface area contributed by atoms with E-state index in [-0.39, 0.29) is 5.69 Å². The smallest absolute Gasteiger partial charge is 0.245 e. The SMILES string of the molecule is Cc1noc(CNc2ccc(N)c(C#N)n2)n1. The van der Waals surface area contributed by atoms with Crippen molar-refractivity contribution in [1.82, 2.24) is 15.1 Å². The number of nitriles is 1. The number of nitrogens with two attached hydrogens (primary N) is 1. The number of aromatic nitrogens is 3. The molecule has 86 valence electrons. The summed E-state index contributed by atoms with van der Waals surface area (Å²) in [6.07, 6.45) is 0. The van der Waals surface area contributed by atoms with Gasteiger partial charge in [-0.05, 0) is 19.1 Å². The molecule has 0 aromatic carbocycles. The number of nitrogens with one attached hydrogen (secondary N) is 1. The Balaban J connectivity index is 2.07. The van der Waals surface area contributed by atoms with Gasteiger partial charge in [-0.1, -0.05) is 5.16 Å². The second kappa shape index (κ2) is 4.49. The van der Waals surface area contributed by atoms with Crippen LogP contribution < -0.4 is 11.1 Å². The Morgan fingerprint density at radius 2 is 2.29 bits per heavy atom.